The van der Waals surface area contributed by atoms with Crippen LogP contribution >= 0.6 is 0 Å². The summed E-state index contributed by atoms with van der Waals surface area (Å²) in [5.74, 6) is 0.719. The zero-order valence-corrected chi connectivity index (χ0v) is 17.1. The molecule has 3 aromatic heterocycles. The second-order valence-corrected chi connectivity index (χ2v) is 7.11. The minimum atomic E-state index is -0.0466. The van der Waals surface area contributed by atoms with Crippen LogP contribution in [0.3, 0.4) is 0 Å². The van der Waals surface area contributed by atoms with Crippen molar-refractivity contribution in [2.24, 2.45) is 25.0 Å². The fourth-order valence-electron chi connectivity index (χ4n) is 3.86. The second kappa shape index (κ2) is 7.11. The number of hydrogen-bond acceptors (Lipinski definition) is 6. The molecule has 0 atom stereocenters. The number of phenolic OH excluding ortho intramolecular Hbond substituents is 1. The molecule has 0 fully saturated rings. The van der Waals surface area contributed by atoms with E-state index in [1.54, 1.807) is 16.8 Å². The number of rotatable bonds is 4. The van der Waals surface area contributed by atoms with Crippen LogP contribution in [-0.4, -0.2) is 35.7 Å². The highest BCUT2D eigenvalue weighted by Crippen LogP contribution is 2.45. The SMILES string of the molecule is Cc1noc(C)c1-c1c(-c2ccc(O)cc2)c(-c2ccn(C)n2)n(C)c1/C(N)=N/O. The quantitative estimate of drug-likeness (QED) is 0.207. The number of oxime groups is 1. The number of aromatic hydroxyl groups is 1. The number of nitrogens with two attached hydrogens (primary N) is 1. The van der Waals surface area contributed by atoms with Crippen molar-refractivity contribution >= 4 is 5.84 Å². The Bertz CT molecular complexity index is 1240. The molecule has 9 nitrogen and oxygen atoms in total. The maximum absolute atomic E-state index is 9.80. The predicted molar refractivity (Wildman–Crippen MR) is 112 cm³/mol. The number of benzene rings is 1. The Morgan fingerprint density at radius 2 is 1.77 bits per heavy atom. The van der Waals surface area contributed by atoms with Gasteiger partial charge in [-0.1, -0.05) is 22.4 Å². The third kappa shape index (κ3) is 2.91. The first-order valence-corrected chi connectivity index (χ1v) is 9.26. The van der Waals surface area contributed by atoms with Crippen LogP contribution in [0.4, 0.5) is 0 Å². The molecular formula is C21H22N6O3. The van der Waals surface area contributed by atoms with Gasteiger partial charge in [0.1, 0.15) is 17.2 Å². The van der Waals surface area contributed by atoms with Gasteiger partial charge in [-0.15, -0.1) is 0 Å². The summed E-state index contributed by atoms with van der Waals surface area (Å²) in [6.45, 7) is 3.66. The van der Waals surface area contributed by atoms with Gasteiger partial charge in [-0.3, -0.25) is 4.68 Å². The van der Waals surface area contributed by atoms with Crippen LogP contribution < -0.4 is 5.73 Å². The molecule has 0 aliphatic heterocycles. The zero-order chi connectivity index (χ0) is 21.6. The number of aryl methyl sites for hydroxylation is 3. The molecule has 154 valence electrons. The summed E-state index contributed by atoms with van der Waals surface area (Å²) in [7, 11) is 3.68. The molecule has 0 saturated carbocycles. The normalized spacial score (nSPS) is 11.9. The summed E-state index contributed by atoms with van der Waals surface area (Å²) in [6.07, 6.45) is 1.85. The average Bonchev–Trinajstić information content (AvgIpc) is 3.37. The maximum Gasteiger partial charge on any atom is 0.187 e. The van der Waals surface area contributed by atoms with Crippen molar-refractivity contribution < 1.29 is 14.8 Å². The second-order valence-electron chi connectivity index (χ2n) is 7.11. The van der Waals surface area contributed by atoms with Crippen molar-refractivity contribution in [3.63, 3.8) is 0 Å². The van der Waals surface area contributed by atoms with Crippen molar-refractivity contribution in [3.05, 3.63) is 53.7 Å². The molecule has 4 aromatic rings. The standard InChI is InChI=1S/C21H22N6O3/c1-11-16(12(2)30-25-11)18-17(13-5-7-14(28)8-6-13)19(15-9-10-26(3)23-15)27(4)20(18)21(22)24-29/h5-10,28-29H,1-4H3,(H2,22,24). The molecule has 0 bridgehead atoms. The van der Waals surface area contributed by atoms with Crippen LogP contribution in [0.1, 0.15) is 17.1 Å². The van der Waals surface area contributed by atoms with E-state index < -0.39 is 0 Å². The van der Waals surface area contributed by atoms with Gasteiger partial charge in [0.05, 0.1) is 22.6 Å². The first-order valence-electron chi connectivity index (χ1n) is 9.26. The molecule has 3 heterocycles. The van der Waals surface area contributed by atoms with Crippen molar-refractivity contribution in [1.29, 1.82) is 0 Å². The van der Waals surface area contributed by atoms with Gasteiger partial charge >= 0.3 is 0 Å². The molecular weight excluding hydrogens is 384 g/mol. The maximum atomic E-state index is 9.80. The third-order valence-corrected chi connectivity index (χ3v) is 5.14. The molecule has 0 spiro atoms. The Balaban J connectivity index is 2.21. The topological polar surface area (TPSA) is 128 Å². The van der Waals surface area contributed by atoms with Gasteiger partial charge in [0.15, 0.2) is 5.84 Å². The van der Waals surface area contributed by atoms with Crippen molar-refractivity contribution in [2.45, 2.75) is 13.8 Å². The van der Waals surface area contributed by atoms with Crippen LogP contribution in [0.2, 0.25) is 0 Å². The molecule has 0 unspecified atom stereocenters. The van der Waals surface area contributed by atoms with E-state index in [0.29, 0.717) is 22.8 Å². The highest BCUT2D eigenvalue weighted by Gasteiger charge is 2.30. The van der Waals surface area contributed by atoms with E-state index in [1.807, 2.05) is 56.9 Å². The average molecular weight is 406 g/mol. The smallest absolute Gasteiger partial charge is 0.187 e. The molecule has 4 rings (SSSR count). The lowest BCUT2D eigenvalue weighted by molar-refractivity contribution is 0.318. The van der Waals surface area contributed by atoms with Gasteiger partial charge in [0.25, 0.3) is 0 Å². The van der Waals surface area contributed by atoms with E-state index in [2.05, 4.69) is 15.4 Å². The summed E-state index contributed by atoms with van der Waals surface area (Å²) < 4.78 is 8.98. The molecule has 0 radical (unpaired) electrons. The van der Waals surface area contributed by atoms with Crippen LogP contribution in [0.25, 0.3) is 33.6 Å². The minimum absolute atomic E-state index is 0.0466. The number of hydrogen-bond donors (Lipinski definition) is 3. The monoisotopic (exact) mass is 406 g/mol. The Kier molecular flexibility index (Phi) is 4.57. The molecule has 9 heteroatoms. The largest absolute Gasteiger partial charge is 0.508 e. The van der Waals surface area contributed by atoms with E-state index in [0.717, 1.165) is 27.9 Å². The summed E-state index contributed by atoms with van der Waals surface area (Å²) in [6, 6.07) is 8.76. The van der Waals surface area contributed by atoms with Crippen molar-refractivity contribution in [3.8, 4) is 39.4 Å². The summed E-state index contributed by atoms with van der Waals surface area (Å²) in [4.78, 5) is 0. The summed E-state index contributed by atoms with van der Waals surface area (Å²) in [5.41, 5.74) is 11.9. The Morgan fingerprint density at radius 1 is 1.07 bits per heavy atom. The fraction of sp³-hybridized carbons (Fsp3) is 0.190. The first kappa shape index (κ1) is 19.3. The van der Waals surface area contributed by atoms with E-state index in [9.17, 15) is 10.3 Å². The number of amidine groups is 1. The van der Waals surface area contributed by atoms with E-state index in [-0.39, 0.29) is 11.6 Å². The molecule has 30 heavy (non-hydrogen) atoms. The zero-order valence-electron chi connectivity index (χ0n) is 17.1. The van der Waals surface area contributed by atoms with Crippen LogP contribution in [0, 0.1) is 13.8 Å². The molecule has 1 aromatic carbocycles. The molecule has 4 N–H and O–H groups in total. The van der Waals surface area contributed by atoms with Gasteiger partial charge in [0.2, 0.25) is 0 Å². The predicted octanol–water partition coefficient (Wildman–Crippen LogP) is 3.16. The Labute approximate surface area is 172 Å². The van der Waals surface area contributed by atoms with Crippen molar-refractivity contribution in [1.82, 2.24) is 19.5 Å². The first-order chi connectivity index (χ1) is 14.3. The van der Waals surface area contributed by atoms with Gasteiger partial charge in [-0.2, -0.15) is 5.10 Å². The van der Waals surface area contributed by atoms with Crippen LogP contribution in [-0.2, 0) is 14.1 Å². The lowest BCUT2D eigenvalue weighted by Gasteiger charge is -2.09. The number of nitrogens with zero attached hydrogens (tertiary/aromatic N) is 5. The Hall–Kier alpha value is -4.01. The fourth-order valence-corrected chi connectivity index (χ4v) is 3.86. The van der Waals surface area contributed by atoms with Crippen LogP contribution in [0.15, 0.2) is 46.2 Å². The Morgan fingerprint density at radius 3 is 2.30 bits per heavy atom. The van der Waals surface area contributed by atoms with Gasteiger partial charge in [0, 0.05) is 31.4 Å². The van der Waals surface area contributed by atoms with Gasteiger partial charge in [-0.05, 0) is 37.6 Å². The highest BCUT2D eigenvalue weighted by molar-refractivity contribution is 6.09. The lowest BCUT2D eigenvalue weighted by Crippen LogP contribution is -2.18. The van der Waals surface area contributed by atoms with Gasteiger partial charge < -0.3 is 25.1 Å². The highest BCUT2D eigenvalue weighted by atomic mass is 16.5. The summed E-state index contributed by atoms with van der Waals surface area (Å²) in [5, 5.41) is 31.3. The molecule has 0 saturated heterocycles. The third-order valence-electron chi connectivity index (χ3n) is 5.14. The molecule has 0 aliphatic carbocycles. The lowest BCUT2D eigenvalue weighted by atomic mass is 9.93. The van der Waals surface area contributed by atoms with Crippen LogP contribution in [0.5, 0.6) is 5.75 Å². The number of aromatic nitrogens is 4. The summed E-state index contributed by atoms with van der Waals surface area (Å²) >= 11 is 0. The van der Waals surface area contributed by atoms with Crippen molar-refractivity contribution in [2.75, 3.05) is 0 Å². The minimum Gasteiger partial charge on any atom is -0.508 e. The van der Waals surface area contributed by atoms with Gasteiger partial charge in [-0.25, -0.2) is 0 Å². The number of phenols is 1. The molecule has 0 aliphatic rings. The molecule has 0 amide bonds. The van der Waals surface area contributed by atoms with E-state index in [4.69, 9.17) is 10.3 Å². The van der Waals surface area contributed by atoms with E-state index >= 15 is 0 Å². The van der Waals surface area contributed by atoms with E-state index in [1.165, 1.54) is 0 Å².